The molecule has 74 valence electrons. The highest BCUT2D eigenvalue weighted by Gasteiger charge is 2.41. The van der Waals surface area contributed by atoms with Gasteiger partial charge in [0.1, 0.15) is 0 Å². The molecule has 0 heterocycles. The summed E-state index contributed by atoms with van der Waals surface area (Å²) in [5.41, 5.74) is 3.00. The van der Waals surface area contributed by atoms with Crippen molar-refractivity contribution in [3.63, 3.8) is 0 Å². The lowest BCUT2D eigenvalue weighted by molar-refractivity contribution is 0.480. The standard InChI is InChI=1S/C14H18/c1-10-2-4-11(5-3-10)14-12-6-7-13(14)9-8-12/h2-5,12-14H,6-9H2,1H3. The maximum absolute atomic E-state index is 2.36. The number of fused-ring (bicyclic) bond motifs is 2. The molecule has 0 spiro atoms. The fourth-order valence-electron chi connectivity index (χ4n) is 3.58. The van der Waals surface area contributed by atoms with E-state index < -0.39 is 0 Å². The van der Waals surface area contributed by atoms with E-state index in [0.717, 1.165) is 17.8 Å². The van der Waals surface area contributed by atoms with Crippen molar-refractivity contribution in [2.75, 3.05) is 0 Å². The molecule has 2 fully saturated rings. The predicted octanol–water partition coefficient (Wildman–Crippen LogP) is 3.90. The Morgan fingerprint density at radius 3 is 1.86 bits per heavy atom. The molecule has 1 aromatic rings. The molecule has 0 N–H and O–H groups in total. The third-order valence-electron chi connectivity index (χ3n) is 4.29. The van der Waals surface area contributed by atoms with Crippen LogP contribution in [0.3, 0.4) is 0 Å². The predicted molar refractivity (Wildman–Crippen MR) is 59.4 cm³/mol. The molecule has 0 radical (unpaired) electrons. The summed E-state index contributed by atoms with van der Waals surface area (Å²) in [5, 5.41) is 0. The lowest BCUT2D eigenvalue weighted by Crippen LogP contribution is -2.03. The van der Waals surface area contributed by atoms with E-state index in [9.17, 15) is 0 Å². The first-order chi connectivity index (χ1) is 6.84. The molecule has 2 aliphatic carbocycles. The second-order valence-electron chi connectivity index (χ2n) is 5.11. The van der Waals surface area contributed by atoms with Crippen LogP contribution in [0, 0.1) is 18.8 Å². The van der Waals surface area contributed by atoms with Gasteiger partial charge < -0.3 is 0 Å². The average molecular weight is 186 g/mol. The molecule has 0 unspecified atom stereocenters. The molecular weight excluding hydrogens is 168 g/mol. The summed E-state index contributed by atoms with van der Waals surface area (Å²) in [5.74, 6) is 2.95. The number of hydrogen-bond donors (Lipinski definition) is 0. The minimum Gasteiger partial charge on any atom is -0.0590 e. The maximum Gasteiger partial charge on any atom is -0.0105 e. The molecule has 2 aliphatic rings. The van der Waals surface area contributed by atoms with Crippen LogP contribution in [0.2, 0.25) is 0 Å². The Kier molecular flexibility index (Phi) is 1.90. The zero-order valence-corrected chi connectivity index (χ0v) is 8.87. The van der Waals surface area contributed by atoms with E-state index in [-0.39, 0.29) is 0 Å². The smallest absolute Gasteiger partial charge is 0.0105 e. The molecule has 0 nitrogen and oxygen atoms in total. The number of hydrogen-bond acceptors (Lipinski definition) is 0. The van der Waals surface area contributed by atoms with Crippen LogP contribution in [0.4, 0.5) is 0 Å². The van der Waals surface area contributed by atoms with Crippen molar-refractivity contribution in [1.29, 1.82) is 0 Å². The van der Waals surface area contributed by atoms with Crippen molar-refractivity contribution in [3.05, 3.63) is 35.4 Å². The normalized spacial score (nSPS) is 35.1. The summed E-state index contributed by atoms with van der Waals surface area (Å²) < 4.78 is 0. The molecule has 3 rings (SSSR count). The van der Waals surface area contributed by atoms with Gasteiger partial charge in [0.15, 0.2) is 0 Å². The molecule has 2 saturated carbocycles. The fourth-order valence-corrected chi connectivity index (χ4v) is 3.58. The second kappa shape index (κ2) is 3.12. The van der Waals surface area contributed by atoms with Crippen LogP contribution in [0.1, 0.15) is 42.7 Å². The molecule has 0 heteroatoms. The zero-order valence-electron chi connectivity index (χ0n) is 8.87. The van der Waals surface area contributed by atoms with Gasteiger partial charge in [-0.15, -0.1) is 0 Å². The first-order valence-electron chi connectivity index (χ1n) is 5.91. The molecule has 0 aromatic heterocycles. The van der Waals surface area contributed by atoms with Crippen LogP contribution < -0.4 is 0 Å². The van der Waals surface area contributed by atoms with E-state index in [1.807, 2.05) is 0 Å². The topological polar surface area (TPSA) is 0 Å². The summed E-state index contributed by atoms with van der Waals surface area (Å²) in [6.07, 6.45) is 5.96. The summed E-state index contributed by atoms with van der Waals surface area (Å²) >= 11 is 0. The van der Waals surface area contributed by atoms with Crippen LogP contribution in [-0.2, 0) is 0 Å². The Morgan fingerprint density at radius 2 is 1.36 bits per heavy atom. The molecule has 0 aliphatic heterocycles. The minimum atomic E-state index is 0.913. The first kappa shape index (κ1) is 8.52. The fraction of sp³-hybridized carbons (Fsp3) is 0.571. The van der Waals surface area contributed by atoms with Gasteiger partial charge in [-0.1, -0.05) is 29.8 Å². The Hall–Kier alpha value is -0.780. The van der Waals surface area contributed by atoms with Crippen molar-refractivity contribution in [3.8, 4) is 0 Å². The van der Waals surface area contributed by atoms with Gasteiger partial charge in [-0.2, -0.15) is 0 Å². The van der Waals surface area contributed by atoms with Crippen LogP contribution >= 0.6 is 0 Å². The molecular formula is C14H18. The Morgan fingerprint density at radius 1 is 0.857 bits per heavy atom. The monoisotopic (exact) mass is 186 g/mol. The first-order valence-corrected chi connectivity index (χ1v) is 5.91. The third-order valence-corrected chi connectivity index (χ3v) is 4.29. The summed E-state index contributed by atoms with van der Waals surface area (Å²) in [7, 11) is 0. The summed E-state index contributed by atoms with van der Waals surface area (Å²) in [6, 6.07) is 9.26. The minimum absolute atomic E-state index is 0.913. The number of rotatable bonds is 1. The Balaban J connectivity index is 1.92. The van der Waals surface area contributed by atoms with E-state index in [4.69, 9.17) is 0 Å². The molecule has 1 aromatic carbocycles. The lowest BCUT2D eigenvalue weighted by atomic mass is 9.89. The largest absolute Gasteiger partial charge is 0.0590 e. The molecule has 0 saturated heterocycles. The summed E-state index contributed by atoms with van der Waals surface area (Å²) in [4.78, 5) is 0. The van der Waals surface area contributed by atoms with Gasteiger partial charge in [-0.25, -0.2) is 0 Å². The van der Waals surface area contributed by atoms with Crippen LogP contribution in [-0.4, -0.2) is 0 Å². The summed E-state index contributed by atoms with van der Waals surface area (Å²) in [6.45, 7) is 2.17. The van der Waals surface area contributed by atoms with E-state index in [1.165, 1.54) is 31.2 Å². The van der Waals surface area contributed by atoms with Gasteiger partial charge in [0, 0.05) is 0 Å². The van der Waals surface area contributed by atoms with Gasteiger partial charge in [-0.3, -0.25) is 0 Å². The highest BCUT2D eigenvalue weighted by Crippen LogP contribution is 2.54. The Bertz CT molecular complexity index is 302. The van der Waals surface area contributed by atoms with Gasteiger partial charge in [0.25, 0.3) is 0 Å². The van der Waals surface area contributed by atoms with Crippen molar-refractivity contribution in [1.82, 2.24) is 0 Å². The number of aryl methyl sites for hydroxylation is 1. The second-order valence-corrected chi connectivity index (χ2v) is 5.11. The molecule has 0 amide bonds. The SMILES string of the molecule is Cc1ccc(C2C3CCC2CC3)cc1. The lowest BCUT2D eigenvalue weighted by Gasteiger charge is -2.15. The van der Waals surface area contributed by atoms with Crippen molar-refractivity contribution >= 4 is 0 Å². The van der Waals surface area contributed by atoms with Crippen molar-refractivity contribution in [2.24, 2.45) is 11.8 Å². The van der Waals surface area contributed by atoms with E-state index in [0.29, 0.717) is 0 Å². The molecule has 14 heavy (non-hydrogen) atoms. The maximum atomic E-state index is 2.36. The molecule has 0 atom stereocenters. The van der Waals surface area contributed by atoms with Crippen molar-refractivity contribution in [2.45, 2.75) is 38.5 Å². The van der Waals surface area contributed by atoms with Gasteiger partial charge in [0.05, 0.1) is 0 Å². The third kappa shape index (κ3) is 1.20. The van der Waals surface area contributed by atoms with Gasteiger partial charge in [-0.05, 0) is 55.9 Å². The average Bonchev–Trinajstić information content (AvgIpc) is 2.78. The van der Waals surface area contributed by atoms with Gasteiger partial charge in [0.2, 0.25) is 0 Å². The van der Waals surface area contributed by atoms with Gasteiger partial charge >= 0.3 is 0 Å². The van der Waals surface area contributed by atoms with Crippen LogP contribution in [0.5, 0.6) is 0 Å². The van der Waals surface area contributed by atoms with Crippen LogP contribution in [0.15, 0.2) is 24.3 Å². The van der Waals surface area contributed by atoms with E-state index >= 15 is 0 Å². The van der Waals surface area contributed by atoms with E-state index in [2.05, 4.69) is 31.2 Å². The van der Waals surface area contributed by atoms with E-state index in [1.54, 1.807) is 5.56 Å². The zero-order chi connectivity index (χ0) is 9.54. The van der Waals surface area contributed by atoms with Crippen LogP contribution in [0.25, 0.3) is 0 Å². The Labute approximate surface area is 86.3 Å². The highest BCUT2D eigenvalue weighted by molar-refractivity contribution is 5.27. The van der Waals surface area contributed by atoms with Crippen molar-refractivity contribution < 1.29 is 0 Å². The number of benzene rings is 1. The molecule has 2 bridgehead atoms. The highest BCUT2D eigenvalue weighted by atomic mass is 14.5. The quantitative estimate of drug-likeness (QED) is 0.624.